The number of ether oxygens (including phenoxy) is 1. The van der Waals surface area contributed by atoms with Gasteiger partial charge in [0.05, 0.1) is 47.0 Å². The van der Waals surface area contributed by atoms with Crippen molar-refractivity contribution in [3.63, 3.8) is 0 Å². The molecule has 3 aromatic heterocycles. The van der Waals surface area contributed by atoms with Crippen molar-refractivity contribution in [3.05, 3.63) is 71.6 Å². The maximum absolute atomic E-state index is 13.4. The Hall–Kier alpha value is -4.48. The molecule has 0 saturated heterocycles. The second kappa shape index (κ2) is 11.8. The molecule has 10 nitrogen and oxygen atoms in total. The Morgan fingerprint density at radius 3 is 2.50 bits per heavy atom. The van der Waals surface area contributed by atoms with Gasteiger partial charge in [-0.05, 0) is 99.4 Å². The second-order valence-electron chi connectivity index (χ2n) is 15.6. The van der Waals surface area contributed by atoms with E-state index in [1.807, 2.05) is 63.8 Å². The number of rotatable bonds is 7. The summed E-state index contributed by atoms with van der Waals surface area (Å²) in [6.07, 6.45) is 8.35. The number of carboxylic acids is 1. The van der Waals surface area contributed by atoms with Gasteiger partial charge in [0.1, 0.15) is 0 Å². The summed E-state index contributed by atoms with van der Waals surface area (Å²) in [5, 5.41) is 17.0. The van der Waals surface area contributed by atoms with Crippen LogP contribution >= 0.6 is 0 Å². The van der Waals surface area contributed by atoms with E-state index in [1.54, 1.807) is 6.20 Å². The molecule has 0 bridgehead atoms. The Bertz CT molecular complexity index is 2340. The number of nitrogens with zero attached hydrogens (tertiary/aromatic N) is 5. The van der Waals surface area contributed by atoms with Gasteiger partial charge in [-0.15, -0.1) is 0 Å². The standard InChI is InChI=1S/C39H45N5O5S/c1-23-32(36(37(45)46)49-38(2,3)4)33(24-11-14-39(5,6)15-12-24)28-21-31(43-17-18-44(50(8,47)48)34(23)35(28)43)26-13-16-40-29(20-26)25-9-10-30-27(19-25)22-41-42(30)7/h9-11,13,16,19-22,36H,12,14-15,17-18H2,1-8H3,(H,45,46). The summed E-state index contributed by atoms with van der Waals surface area (Å²) >= 11 is 0. The molecule has 11 heteroatoms. The fourth-order valence-electron chi connectivity index (χ4n) is 7.68. The molecule has 50 heavy (non-hydrogen) atoms. The molecule has 2 aromatic carbocycles. The largest absolute Gasteiger partial charge is 0.479 e. The topological polar surface area (TPSA) is 120 Å². The molecule has 0 fully saturated rings. The molecule has 1 aliphatic carbocycles. The first-order valence-electron chi connectivity index (χ1n) is 17.1. The number of benzene rings is 2. The molecule has 0 radical (unpaired) electrons. The van der Waals surface area contributed by atoms with Crippen LogP contribution in [0.5, 0.6) is 0 Å². The molecule has 4 heterocycles. The summed E-state index contributed by atoms with van der Waals surface area (Å²) in [6, 6.07) is 12.3. The van der Waals surface area contributed by atoms with Crippen molar-refractivity contribution in [2.24, 2.45) is 12.5 Å². The van der Waals surface area contributed by atoms with E-state index in [0.29, 0.717) is 23.4 Å². The van der Waals surface area contributed by atoms with Gasteiger partial charge in [-0.3, -0.25) is 14.0 Å². The van der Waals surface area contributed by atoms with Crippen LogP contribution in [-0.2, 0) is 33.1 Å². The van der Waals surface area contributed by atoms with Crippen LogP contribution < -0.4 is 4.31 Å². The highest BCUT2D eigenvalue weighted by Gasteiger charge is 2.39. The Morgan fingerprint density at radius 2 is 1.84 bits per heavy atom. The number of aryl methyl sites for hydroxylation is 1. The number of carboxylic acid groups (broad SMARTS) is 1. The van der Waals surface area contributed by atoms with Gasteiger partial charge in [-0.2, -0.15) is 5.10 Å². The molecular weight excluding hydrogens is 651 g/mol. The lowest BCUT2D eigenvalue weighted by molar-refractivity contribution is -0.160. The Morgan fingerprint density at radius 1 is 1.08 bits per heavy atom. The highest BCUT2D eigenvalue weighted by Crippen LogP contribution is 2.50. The minimum Gasteiger partial charge on any atom is -0.479 e. The van der Waals surface area contributed by atoms with Gasteiger partial charge in [0.25, 0.3) is 0 Å². The number of fused-ring (bicyclic) bond motifs is 1. The third kappa shape index (κ3) is 5.90. The van der Waals surface area contributed by atoms with E-state index in [9.17, 15) is 18.3 Å². The highest BCUT2D eigenvalue weighted by molar-refractivity contribution is 7.92. The Labute approximate surface area is 293 Å². The maximum atomic E-state index is 13.4. The number of aliphatic carboxylic acids is 1. The molecular formula is C39H45N5O5S. The maximum Gasteiger partial charge on any atom is 0.337 e. The van der Waals surface area contributed by atoms with E-state index in [-0.39, 0.29) is 12.0 Å². The summed E-state index contributed by atoms with van der Waals surface area (Å²) in [6.45, 7) is 12.5. The van der Waals surface area contributed by atoms with Crippen LogP contribution in [-0.4, -0.2) is 57.2 Å². The van der Waals surface area contributed by atoms with Gasteiger partial charge in [0.15, 0.2) is 6.10 Å². The lowest BCUT2D eigenvalue weighted by atomic mass is 9.75. The predicted octanol–water partition coefficient (Wildman–Crippen LogP) is 7.88. The fourth-order valence-corrected chi connectivity index (χ4v) is 8.65. The minimum atomic E-state index is -3.70. The van der Waals surface area contributed by atoms with Crippen molar-refractivity contribution in [2.75, 3.05) is 17.1 Å². The Kier molecular flexibility index (Phi) is 8.02. The van der Waals surface area contributed by atoms with E-state index < -0.39 is 27.7 Å². The molecule has 1 aliphatic heterocycles. The van der Waals surface area contributed by atoms with Crippen LogP contribution in [0.2, 0.25) is 0 Å². The zero-order chi connectivity index (χ0) is 35.9. The van der Waals surface area contributed by atoms with Gasteiger partial charge in [-0.1, -0.05) is 26.0 Å². The average molecular weight is 696 g/mol. The zero-order valence-corrected chi connectivity index (χ0v) is 30.9. The predicted molar refractivity (Wildman–Crippen MR) is 199 cm³/mol. The molecule has 1 unspecified atom stereocenters. The minimum absolute atomic E-state index is 0.119. The van der Waals surface area contributed by atoms with Crippen LogP contribution in [0, 0.1) is 12.3 Å². The second-order valence-corrected chi connectivity index (χ2v) is 17.5. The van der Waals surface area contributed by atoms with Crippen molar-refractivity contribution in [1.29, 1.82) is 0 Å². The molecule has 0 saturated carbocycles. The van der Waals surface area contributed by atoms with Gasteiger partial charge in [0, 0.05) is 52.9 Å². The van der Waals surface area contributed by atoms with Gasteiger partial charge >= 0.3 is 5.97 Å². The molecule has 1 atom stereocenters. The summed E-state index contributed by atoms with van der Waals surface area (Å²) in [4.78, 5) is 17.9. The molecule has 262 valence electrons. The SMILES string of the molecule is Cc1c(C(OC(C)(C)C)C(=O)O)c(C2=CCC(C)(C)CC2)c2cc(-c3ccnc(-c4ccc5c(cnn5C)c4)c3)n3c2c1N(S(C)(=O)=O)CC3. The first kappa shape index (κ1) is 34.0. The van der Waals surface area contributed by atoms with Gasteiger partial charge in [0.2, 0.25) is 10.0 Å². The van der Waals surface area contributed by atoms with E-state index in [2.05, 4.69) is 47.8 Å². The third-order valence-corrected chi connectivity index (χ3v) is 11.3. The quantitative estimate of drug-likeness (QED) is 0.184. The summed E-state index contributed by atoms with van der Waals surface area (Å²) < 4.78 is 38.6. The van der Waals surface area contributed by atoms with Crippen LogP contribution in [0.25, 0.3) is 49.9 Å². The normalized spacial score (nSPS) is 17.0. The number of pyridine rings is 1. The van der Waals surface area contributed by atoms with Gasteiger partial charge < -0.3 is 14.4 Å². The lowest BCUT2D eigenvalue weighted by Crippen LogP contribution is -2.37. The Balaban J connectivity index is 1.54. The molecule has 5 aromatic rings. The molecule has 2 aliphatic rings. The third-order valence-electron chi connectivity index (χ3n) is 10.1. The number of anilines is 1. The van der Waals surface area contributed by atoms with Crippen molar-refractivity contribution in [1.82, 2.24) is 19.3 Å². The van der Waals surface area contributed by atoms with Crippen molar-refractivity contribution >= 4 is 49.1 Å². The average Bonchev–Trinajstić information content (AvgIpc) is 3.61. The number of hydrogen-bond acceptors (Lipinski definition) is 6. The number of aromatic nitrogens is 4. The van der Waals surface area contributed by atoms with E-state index in [0.717, 1.165) is 74.7 Å². The van der Waals surface area contributed by atoms with Crippen LogP contribution in [0.3, 0.4) is 0 Å². The van der Waals surface area contributed by atoms with Crippen LogP contribution in [0.4, 0.5) is 5.69 Å². The summed E-state index contributed by atoms with van der Waals surface area (Å²) in [5.41, 5.74) is 8.30. The number of sulfonamides is 1. The fraction of sp³-hybridized carbons (Fsp3) is 0.410. The monoisotopic (exact) mass is 695 g/mol. The first-order valence-corrected chi connectivity index (χ1v) is 18.9. The number of carbonyl (C=O) groups is 1. The van der Waals surface area contributed by atoms with Crippen molar-refractivity contribution < 1.29 is 23.1 Å². The van der Waals surface area contributed by atoms with Crippen molar-refractivity contribution in [2.45, 2.75) is 79.1 Å². The number of hydrogen-bond donors (Lipinski definition) is 1. The van der Waals surface area contributed by atoms with Gasteiger partial charge in [-0.25, -0.2) is 13.2 Å². The summed E-state index contributed by atoms with van der Waals surface area (Å²) in [5.74, 6) is -1.11. The van der Waals surface area contributed by atoms with Crippen LogP contribution in [0.1, 0.15) is 76.7 Å². The molecule has 0 spiro atoms. The molecule has 7 rings (SSSR count). The first-order chi connectivity index (χ1) is 23.4. The lowest BCUT2D eigenvalue weighted by Gasteiger charge is -2.36. The molecule has 1 N–H and O–H groups in total. The number of allylic oxidation sites excluding steroid dienone is 2. The smallest absolute Gasteiger partial charge is 0.337 e. The van der Waals surface area contributed by atoms with E-state index in [1.165, 1.54) is 10.6 Å². The van der Waals surface area contributed by atoms with Crippen LogP contribution in [0.15, 0.2) is 54.9 Å². The van der Waals surface area contributed by atoms with E-state index >= 15 is 0 Å². The van der Waals surface area contributed by atoms with Crippen molar-refractivity contribution in [3.8, 4) is 22.5 Å². The zero-order valence-electron chi connectivity index (χ0n) is 30.0. The summed E-state index contributed by atoms with van der Waals surface area (Å²) in [7, 11) is -1.78. The molecule has 0 amide bonds. The highest BCUT2D eigenvalue weighted by atomic mass is 32.2. The van der Waals surface area contributed by atoms with E-state index in [4.69, 9.17) is 9.72 Å².